The van der Waals surface area contributed by atoms with Gasteiger partial charge in [-0.3, -0.25) is 4.98 Å². The van der Waals surface area contributed by atoms with Crippen LogP contribution in [-0.2, 0) is 13.1 Å². The molecule has 0 aliphatic rings. The van der Waals surface area contributed by atoms with Gasteiger partial charge in [0.1, 0.15) is 11.6 Å². The summed E-state index contributed by atoms with van der Waals surface area (Å²) in [6, 6.07) is 7.86. The van der Waals surface area contributed by atoms with E-state index in [0.29, 0.717) is 18.7 Å². The largest absolute Gasteiger partial charge is 0.508 e. The molecule has 88 valence electrons. The molecule has 17 heavy (non-hydrogen) atoms. The molecule has 0 unspecified atom stereocenters. The van der Waals surface area contributed by atoms with Crippen molar-refractivity contribution in [2.45, 2.75) is 13.1 Å². The average molecular weight is 232 g/mol. The highest BCUT2D eigenvalue weighted by atomic mass is 19.1. The fraction of sp³-hybridized carbons (Fsp3) is 0.154. The standard InChI is InChI=1S/C13H13FN2O/c14-12-4-11(5-13(17)6-12)9-16-8-10-2-1-3-15-7-10/h1-7,16-17H,8-9H2. The van der Waals surface area contributed by atoms with Crippen LogP contribution in [0.4, 0.5) is 4.39 Å². The molecule has 0 spiro atoms. The molecular formula is C13H13FN2O. The predicted molar refractivity (Wildman–Crippen MR) is 62.8 cm³/mol. The lowest BCUT2D eigenvalue weighted by Crippen LogP contribution is -2.12. The Balaban J connectivity index is 1.90. The first-order valence-electron chi connectivity index (χ1n) is 5.32. The molecule has 1 aromatic carbocycles. The van der Waals surface area contributed by atoms with Crippen molar-refractivity contribution in [2.75, 3.05) is 0 Å². The van der Waals surface area contributed by atoms with E-state index in [0.717, 1.165) is 11.6 Å². The number of phenols is 1. The van der Waals surface area contributed by atoms with Gasteiger partial charge in [0, 0.05) is 31.5 Å². The van der Waals surface area contributed by atoms with Gasteiger partial charge in [-0.2, -0.15) is 0 Å². The number of nitrogens with one attached hydrogen (secondary N) is 1. The fourth-order valence-electron chi connectivity index (χ4n) is 1.59. The molecule has 0 fully saturated rings. The maximum Gasteiger partial charge on any atom is 0.127 e. The number of hydrogen-bond acceptors (Lipinski definition) is 3. The van der Waals surface area contributed by atoms with E-state index < -0.39 is 5.82 Å². The van der Waals surface area contributed by atoms with Gasteiger partial charge >= 0.3 is 0 Å². The van der Waals surface area contributed by atoms with Crippen molar-refractivity contribution in [3.63, 3.8) is 0 Å². The summed E-state index contributed by atoms with van der Waals surface area (Å²) in [5.41, 5.74) is 1.78. The number of hydrogen-bond donors (Lipinski definition) is 2. The summed E-state index contributed by atoms with van der Waals surface area (Å²) in [5.74, 6) is -0.480. The summed E-state index contributed by atoms with van der Waals surface area (Å²) < 4.78 is 13.0. The van der Waals surface area contributed by atoms with Gasteiger partial charge in [-0.15, -0.1) is 0 Å². The van der Waals surface area contributed by atoms with Gasteiger partial charge < -0.3 is 10.4 Å². The lowest BCUT2D eigenvalue weighted by Gasteiger charge is -2.05. The number of benzene rings is 1. The number of nitrogens with zero attached hydrogens (tertiary/aromatic N) is 1. The summed E-state index contributed by atoms with van der Waals surface area (Å²) in [5, 5.41) is 12.4. The summed E-state index contributed by atoms with van der Waals surface area (Å²) in [6.45, 7) is 1.16. The Hall–Kier alpha value is -1.94. The highest BCUT2D eigenvalue weighted by molar-refractivity contribution is 5.28. The molecular weight excluding hydrogens is 219 g/mol. The van der Waals surface area contributed by atoms with E-state index in [4.69, 9.17) is 0 Å². The van der Waals surface area contributed by atoms with Crippen LogP contribution in [0, 0.1) is 5.82 Å². The molecule has 0 atom stereocenters. The Morgan fingerprint density at radius 1 is 1.18 bits per heavy atom. The second kappa shape index (κ2) is 5.41. The monoisotopic (exact) mass is 232 g/mol. The molecule has 1 aromatic heterocycles. The molecule has 0 radical (unpaired) electrons. The minimum Gasteiger partial charge on any atom is -0.508 e. The summed E-state index contributed by atoms with van der Waals surface area (Å²) in [4.78, 5) is 4.00. The number of aromatic hydroxyl groups is 1. The van der Waals surface area contributed by atoms with Gasteiger partial charge in [-0.25, -0.2) is 4.39 Å². The maximum atomic E-state index is 13.0. The van der Waals surface area contributed by atoms with E-state index in [1.54, 1.807) is 18.5 Å². The second-order valence-corrected chi connectivity index (χ2v) is 3.78. The first-order valence-corrected chi connectivity index (χ1v) is 5.32. The Bertz CT molecular complexity index is 468. The third-order valence-corrected chi connectivity index (χ3v) is 2.32. The first kappa shape index (κ1) is 11.5. The van der Waals surface area contributed by atoms with Crippen LogP contribution in [0.3, 0.4) is 0 Å². The third kappa shape index (κ3) is 3.53. The zero-order valence-electron chi connectivity index (χ0n) is 9.23. The minimum absolute atomic E-state index is 0.0526. The van der Waals surface area contributed by atoms with Gasteiger partial charge in [0.05, 0.1) is 0 Å². The lowest BCUT2D eigenvalue weighted by atomic mass is 10.2. The fourth-order valence-corrected chi connectivity index (χ4v) is 1.59. The first-order chi connectivity index (χ1) is 8.24. The molecule has 2 N–H and O–H groups in total. The van der Waals surface area contributed by atoms with Crippen LogP contribution < -0.4 is 5.32 Å². The molecule has 0 aliphatic carbocycles. The van der Waals surface area contributed by atoms with Crippen LogP contribution in [0.2, 0.25) is 0 Å². The zero-order chi connectivity index (χ0) is 12.1. The van der Waals surface area contributed by atoms with E-state index in [9.17, 15) is 9.50 Å². The van der Waals surface area contributed by atoms with Gasteiger partial charge in [-0.05, 0) is 29.3 Å². The molecule has 0 bridgehead atoms. The van der Waals surface area contributed by atoms with Crippen molar-refractivity contribution in [3.05, 3.63) is 59.7 Å². The van der Waals surface area contributed by atoms with Crippen LogP contribution in [0.15, 0.2) is 42.7 Å². The van der Waals surface area contributed by atoms with E-state index in [-0.39, 0.29) is 5.75 Å². The predicted octanol–water partition coefficient (Wildman–Crippen LogP) is 2.22. The number of phenolic OH excluding ortho intramolecular Hbond substituents is 1. The van der Waals surface area contributed by atoms with Crippen LogP contribution >= 0.6 is 0 Å². The van der Waals surface area contributed by atoms with Crippen molar-refractivity contribution >= 4 is 0 Å². The molecule has 1 heterocycles. The van der Waals surface area contributed by atoms with Gasteiger partial charge in [-0.1, -0.05) is 6.07 Å². The maximum absolute atomic E-state index is 13.0. The lowest BCUT2D eigenvalue weighted by molar-refractivity contribution is 0.467. The average Bonchev–Trinajstić information content (AvgIpc) is 2.29. The summed E-state index contributed by atoms with van der Waals surface area (Å²) >= 11 is 0. The molecule has 0 amide bonds. The normalized spacial score (nSPS) is 10.4. The van der Waals surface area contributed by atoms with E-state index in [1.165, 1.54) is 6.07 Å². The number of halogens is 1. The molecule has 0 aliphatic heterocycles. The van der Waals surface area contributed by atoms with Crippen molar-refractivity contribution in [1.82, 2.24) is 10.3 Å². The molecule has 0 saturated heterocycles. The van der Waals surface area contributed by atoms with Crippen molar-refractivity contribution in [1.29, 1.82) is 0 Å². The molecule has 0 saturated carbocycles. The van der Waals surface area contributed by atoms with E-state index in [1.807, 2.05) is 12.1 Å². The van der Waals surface area contributed by atoms with Crippen molar-refractivity contribution in [2.24, 2.45) is 0 Å². The number of aromatic nitrogens is 1. The summed E-state index contributed by atoms with van der Waals surface area (Å²) in [6.07, 6.45) is 3.49. The highest BCUT2D eigenvalue weighted by Gasteiger charge is 1.99. The number of rotatable bonds is 4. The number of pyridine rings is 1. The van der Waals surface area contributed by atoms with Crippen molar-refractivity contribution in [3.8, 4) is 5.75 Å². The molecule has 3 nitrogen and oxygen atoms in total. The van der Waals surface area contributed by atoms with E-state index >= 15 is 0 Å². The molecule has 2 rings (SSSR count). The smallest absolute Gasteiger partial charge is 0.127 e. The third-order valence-electron chi connectivity index (χ3n) is 2.32. The van der Waals surface area contributed by atoms with Crippen molar-refractivity contribution < 1.29 is 9.50 Å². The summed E-state index contributed by atoms with van der Waals surface area (Å²) in [7, 11) is 0. The Kier molecular flexibility index (Phi) is 3.67. The SMILES string of the molecule is Oc1cc(F)cc(CNCc2cccnc2)c1. The van der Waals surface area contributed by atoms with E-state index in [2.05, 4.69) is 10.3 Å². The Morgan fingerprint density at radius 3 is 2.71 bits per heavy atom. The highest BCUT2D eigenvalue weighted by Crippen LogP contribution is 2.14. The topological polar surface area (TPSA) is 45.1 Å². The molecule has 4 heteroatoms. The van der Waals surface area contributed by atoms with Gasteiger partial charge in [0.2, 0.25) is 0 Å². The van der Waals surface area contributed by atoms with Crippen LogP contribution in [0.5, 0.6) is 5.75 Å². The minimum atomic E-state index is -0.428. The van der Waals surface area contributed by atoms with Crippen LogP contribution in [-0.4, -0.2) is 10.1 Å². The Morgan fingerprint density at radius 2 is 2.00 bits per heavy atom. The van der Waals surface area contributed by atoms with Gasteiger partial charge in [0.25, 0.3) is 0 Å². The van der Waals surface area contributed by atoms with Crippen LogP contribution in [0.25, 0.3) is 0 Å². The van der Waals surface area contributed by atoms with Crippen LogP contribution in [0.1, 0.15) is 11.1 Å². The molecule has 2 aromatic rings. The quantitative estimate of drug-likeness (QED) is 0.849. The van der Waals surface area contributed by atoms with Gasteiger partial charge in [0.15, 0.2) is 0 Å². The zero-order valence-corrected chi connectivity index (χ0v) is 9.23. The Labute approximate surface area is 98.9 Å². The second-order valence-electron chi connectivity index (χ2n) is 3.78.